The van der Waals surface area contributed by atoms with E-state index in [1.54, 1.807) is 26.1 Å². The van der Waals surface area contributed by atoms with E-state index < -0.39 is 66.1 Å². The van der Waals surface area contributed by atoms with E-state index in [1.807, 2.05) is 18.2 Å². The summed E-state index contributed by atoms with van der Waals surface area (Å²) in [6.45, 7) is 3.34. The van der Waals surface area contributed by atoms with E-state index in [4.69, 9.17) is 11.5 Å². The average molecular weight is 521 g/mol. The van der Waals surface area contributed by atoms with E-state index in [9.17, 15) is 29.1 Å². The second-order valence-corrected chi connectivity index (χ2v) is 9.08. The molecule has 9 N–H and O–H groups in total. The maximum absolute atomic E-state index is 13.0. The van der Waals surface area contributed by atoms with Gasteiger partial charge in [-0.3, -0.25) is 19.2 Å². The molecule has 13 heteroatoms. The predicted molar refractivity (Wildman–Crippen MR) is 136 cm³/mol. The molecule has 4 amide bonds. The van der Waals surface area contributed by atoms with Crippen LogP contribution in [0.3, 0.4) is 0 Å². The lowest BCUT2D eigenvalue weighted by atomic mass is 10.0. The molecule has 2 aromatic rings. The molecule has 0 radical (unpaired) electrons. The Morgan fingerprint density at radius 2 is 1.64 bits per heavy atom. The van der Waals surface area contributed by atoms with Crippen LogP contribution in [0.5, 0.6) is 0 Å². The van der Waals surface area contributed by atoms with Gasteiger partial charge in [0.25, 0.3) is 0 Å². The first-order valence-corrected chi connectivity index (χ1v) is 11.9. The molecule has 1 heterocycles. The van der Waals surface area contributed by atoms with Gasteiger partial charge >= 0.3 is 5.97 Å². The number of para-hydroxylation sites is 1. The minimum atomic E-state index is -1.46. The maximum Gasteiger partial charge on any atom is 0.326 e. The highest BCUT2D eigenvalue weighted by molar-refractivity contribution is 7.80. The number of benzene rings is 1. The Morgan fingerprint density at radius 3 is 2.22 bits per heavy atom. The fourth-order valence-electron chi connectivity index (χ4n) is 3.54. The third kappa shape index (κ3) is 7.71. The second-order valence-electron chi connectivity index (χ2n) is 8.71. The number of nitrogens with two attached hydrogens (primary N) is 2. The molecule has 36 heavy (non-hydrogen) atoms. The summed E-state index contributed by atoms with van der Waals surface area (Å²) in [7, 11) is 0. The van der Waals surface area contributed by atoms with Crippen LogP contribution in [0.4, 0.5) is 0 Å². The van der Waals surface area contributed by atoms with Crippen molar-refractivity contribution >= 4 is 53.1 Å². The number of thiol groups is 1. The third-order valence-corrected chi connectivity index (χ3v) is 5.93. The number of carboxylic acids is 1. The summed E-state index contributed by atoms with van der Waals surface area (Å²) >= 11 is 3.96. The molecule has 0 saturated carbocycles. The Balaban J connectivity index is 2.18. The molecule has 0 saturated heterocycles. The van der Waals surface area contributed by atoms with Gasteiger partial charge in [-0.05, 0) is 17.5 Å². The van der Waals surface area contributed by atoms with Crippen molar-refractivity contribution < 1.29 is 29.1 Å². The largest absolute Gasteiger partial charge is 0.480 e. The van der Waals surface area contributed by atoms with E-state index in [1.165, 1.54) is 0 Å². The second kappa shape index (κ2) is 12.9. The number of carbonyl (C=O) groups is 5. The molecule has 0 aliphatic heterocycles. The van der Waals surface area contributed by atoms with E-state index >= 15 is 0 Å². The molecule has 1 aromatic heterocycles. The summed E-state index contributed by atoms with van der Waals surface area (Å²) in [4.78, 5) is 64.6. The quantitative estimate of drug-likeness (QED) is 0.155. The lowest BCUT2D eigenvalue weighted by Crippen LogP contribution is -2.59. The van der Waals surface area contributed by atoms with Crippen LogP contribution in [0.15, 0.2) is 30.5 Å². The lowest BCUT2D eigenvalue weighted by molar-refractivity contribution is -0.142. The first kappa shape index (κ1) is 28.7. The molecule has 0 spiro atoms. The Bertz CT molecular complexity index is 1120. The minimum absolute atomic E-state index is 0.0470. The van der Waals surface area contributed by atoms with Gasteiger partial charge < -0.3 is 37.5 Å². The number of fused-ring (bicyclic) bond motifs is 1. The Labute approximate surface area is 213 Å². The summed E-state index contributed by atoms with van der Waals surface area (Å²) in [5.74, 6) is -4.80. The van der Waals surface area contributed by atoms with Gasteiger partial charge in [0.15, 0.2) is 0 Å². The van der Waals surface area contributed by atoms with Gasteiger partial charge in [-0.25, -0.2) is 4.79 Å². The van der Waals surface area contributed by atoms with Crippen molar-refractivity contribution in [3.8, 4) is 0 Å². The zero-order chi connectivity index (χ0) is 27.0. The van der Waals surface area contributed by atoms with Crippen LogP contribution in [0.25, 0.3) is 10.9 Å². The number of hydrogen-bond acceptors (Lipinski definition) is 7. The van der Waals surface area contributed by atoms with Crippen LogP contribution in [0.2, 0.25) is 0 Å². The highest BCUT2D eigenvalue weighted by Gasteiger charge is 2.32. The predicted octanol–water partition coefficient (Wildman–Crippen LogP) is -0.962. The summed E-state index contributed by atoms with van der Waals surface area (Å²) in [6.07, 6.45) is 1.03. The highest BCUT2D eigenvalue weighted by atomic mass is 32.1. The molecule has 4 unspecified atom stereocenters. The summed E-state index contributed by atoms with van der Waals surface area (Å²) in [5, 5.41) is 17.8. The number of hydrogen-bond donors (Lipinski definition) is 8. The van der Waals surface area contributed by atoms with Gasteiger partial charge in [-0.1, -0.05) is 32.0 Å². The number of carboxylic acid groups (broad SMARTS) is 1. The van der Waals surface area contributed by atoms with Crippen LogP contribution in [-0.4, -0.2) is 69.6 Å². The molecule has 0 aliphatic rings. The number of aromatic amines is 1. The van der Waals surface area contributed by atoms with Gasteiger partial charge in [0, 0.05) is 29.3 Å². The van der Waals surface area contributed by atoms with Crippen molar-refractivity contribution in [2.75, 3.05) is 5.75 Å². The molecule has 0 aliphatic carbocycles. The lowest BCUT2D eigenvalue weighted by Gasteiger charge is -2.26. The number of aromatic nitrogens is 1. The number of amides is 4. The molecule has 2 rings (SSSR count). The van der Waals surface area contributed by atoms with Crippen LogP contribution in [-0.2, 0) is 30.4 Å². The van der Waals surface area contributed by atoms with E-state index in [0.717, 1.165) is 10.9 Å². The van der Waals surface area contributed by atoms with E-state index in [-0.39, 0.29) is 12.2 Å². The fraction of sp³-hybridized carbons (Fsp3) is 0.435. The number of carbonyl (C=O) groups excluding carboxylic acids is 4. The number of aliphatic carboxylic acids is 1. The van der Waals surface area contributed by atoms with Gasteiger partial charge in [0.1, 0.15) is 18.1 Å². The van der Waals surface area contributed by atoms with Crippen LogP contribution >= 0.6 is 12.6 Å². The molecule has 196 valence electrons. The van der Waals surface area contributed by atoms with Crippen molar-refractivity contribution in [3.63, 3.8) is 0 Å². The highest BCUT2D eigenvalue weighted by Crippen LogP contribution is 2.19. The third-order valence-electron chi connectivity index (χ3n) is 5.53. The number of nitrogens with one attached hydrogen (secondary N) is 4. The number of primary amides is 1. The van der Waals surface area contributed by atoms with Gasteiger partial charge in [0.05, 0.1) is 12.5 Å². The Kier molecular flexibility index (Phi) is 10.3. The summed E-state index contributed by atoms with van der Waals surface area (Å²) < 4.78 is 0. The normalized spacial score (nSPS) is 14.5. The molecule has 4 atom stereocenters. The van der Waals surface area contributed by atoms with Gasteiger partial charge in [-0.15, -0.1) is 0 Å². The summed E-state index contributed by atoms with van der Waals surface area (Å²) in [6, 6.07) is 2.45. The minimum Gasteiger partial charge on any atom is -0.480 e. The van der Waals surface area contributed by atoms with Crippen LogP contribution in [0, 0.1) is 5.92 Å². The molecule has 0 bridgehead atoms. The van der Waals surface area contributed by atoms with E-state index in [2.05, 4.69) is 33.6 Å². The molecular formula is C23H32N6O6S. The van der Waals surface area contributed by atoms with Gasteiger partial charge in [0.2, 0.25) is 23.6 Å². The standard InChI is InChI=1S/C23H32N6O6S/c1-11(2)19(29-20(31)14(24)10-36)22(33)27-16(8-18(25)30)21(32)28-17(23(34)35)7-12-9-26-15-6-4-3-5-13(12)15/h3-6,9,11,14,16-17,19,26,36H,7-8,10,24H2,1-2H3,(H2,25,30)(H,27,33)(H,28,32)(H,29,31)(H,34,35). The zero-order valence-corrected chi connectivity index (χ0v) is 20.9. The number of H-pyrrole nitrogens is 1. The molecule has 12 nitrogen and oxygen atoms in total. The fourth-order valence-corrected chi connectivity index (χ4v) is 3.71. The van der Waals surface area contributed by atoms with Crippen molar-refractivity contribution in [2.24, 2.45) is 17.4 Å². The zero-order valence-electron chi connectivity index (χ0n) is 20.0. The van der Waals surface area contributed by atoms with Gasteiger partial charge in [-0.2, -0.15) is 12.6 Å². The smallest absolute Gasteiger partial charge is 0.326 e. The molecular weight excluding hydrogens is 488 g/mol. The van der Waals surface area contributed by atoms with Crippen molar-refractivity contribution in [3.05, 3.63) is 36.0 Å². The first-order chi connectivity index (χ1) is 16.9. The SMILES string of the molecule is CC(C)C(NC(=O)C(N)CS)C(=O)NC(CC(N)=O)C(=O)NC(Cc1c[nH]c2ccccc12)C(=O)O. The maximum atomic E-state index is 13.0. The monoisotopic (exact) mass is 520 g/mol. The first-order valence-electron chi connectivity index (χ1n) is 11.3. The van der Waals surface area contributed by atoms with Crippen molar-refractivity contribution in [1.82, 2.24) is 20.9 Å². The van der Waals surface area contributed by atoms with Crippen molar-refractivity contribution in [2.45, 2.75) is 50.9 Å². The average Bonchev–Trinajstić information content (AvgIpc) is 3.22. The summed E-state index contributed by atoms with van der Waals surface area (Å²) in [5.41, 5.74) is 12.4. The van der Waals surface area contributed by atoms with Crippen LogP contribution < -0.4 is 27.4 Å². The van der Waals surface area contributed by atoms with Crippen molar-refractivity contribution in [1.29, 1.82) is 0 Å². The molecule has 0 fully saturated rings. The molecule has 1 aromatic carbocycles. The number of rotatable bonds is 13. The topological polar surface area (TPSA) is 209 Å². The Hall–Kier alpha value is -3.58. The van der Waals surface area contributed by atoms with Crippen LogP contribution in [0.1, 0.15) is 25.8 Å². The Morgan fingerprint density at radius 1 is 1.00 bits per heavy atom. The van der Waals surface area contributed by atoms with E-state index in [0.29, 0.717) is 5.56 Å².